The summed E-state index contributed by atoms with van der Waals surface area (Å²) in [6.45, 7) is 10.9. The van der Waals surface area contributed by atoms with E-state index in [1.165, 1.54) is 212 Å². The van der Waals surface area contributed by atoms with Crippen molar-refractivity contribution in [3.05, 3.63) is 513 Å². The molecule has 0 unspecified atom stereocenters. The van der Waals surface area contributed by atoms with Crippen LogP contribution in [0.4, 0.5) is 0 Å². The van der Waals surface area contributed by atoms with Gasteiger partial charge in [0.2, 0.25) is 0 Å². The number of hydrogen-bond acceptors (Lipinski definition) is 4. The highest BCUT2D eigenvalue weighted by Crippen LogP contribution is 2.51. The zero-order valence-electron chi connectivity index (χ0n) is 76.3. The van der Waals surface area contributed by atoms with Crippen LogP contribution in [0, 0.1) is 34.6 Å². The first-order valence-electron chi connectivity index (χ1n) is 46.6. The van der Waals surface area contributed by atoms with E-state index in [-0.39, 0.29) is 0 Å². The summed E-state index contributed by atoms with van der Waals surface area (Å²) < 4.78 is 20.6. The molecule has 5 heteroatoms. The molecule has 0 fully saturated rings. The van der Waals surface area contributed by atoms with Crippen molar-refractivity contribution in [3.63, 3.8) is 0 Å². The minimum absolute atomic E-state index is 0.931. The molecule has 0 saturated carbocycles. The summed E-state index contributed by atoms with van der Waals surface area (Å²) in [6.07, 6.45) is 0. The summed E-state index contributed by atoms with van der Waals surface area (Å²) in [4.78, 5) is 0. The molecule has 0 N–H and O–H groups in total. The van der Waals surface area contributed by atoms with E-state index in [1.54, 1.807) is 0 Å². The smallest absolute Gasteiger partial charge is 0.143 e. The molecular formula is C131H95NO2S2. The molecule has 0 amide bonds. The van der Waals surface area contributed by atoms with Crippen LogP contribution in [0.2, 0.25) is 0 Å². The quantitative estimate of drug-likeness (QED) is 0.129. The molecule has 136 heavy (non-hydrogen) atoms. The maximum atomic E-state index is 6.36. The van der Waals surface area contributed by atoms with E-state index in [0.717, 1.165) is 38.8 Å². The highest BCUT2D eigenvalue weighted by Gasteiger charge is 2.25. The number of hydrogen-bond donors (Lipinski definition) is 0. The monoisotopic (exact) mass is 1780 g/mol. The largest absolute Gasteiger partial charge is 0.455 e. The average molecular weight is 1780 g/mol. The molecular weight excluding hydrogens is 1680 g/mol. The van der Waals surface area contributed by atoms with Crippen molar-refractivity contribution in [1.29, 1.82) is 0 Å². The Morgan fingerprint density at radius 3 is 0.912 bits per heavy atom. The lowest BCUT2D eigenvalue weighted by atomic mass is 9.93. The number of para-hydroxylation sites is 4. The van der Waals surface area contributed by atoms with Crippen LogP contribution in [0.3, 0.4) is 0 Å². The Labute approximate surface area is 800 Å². The number of aromatic nitrogens is 1. The lowest BCUT2D eigenvalue weighted by Crippen LogP contribution is -1.96. The van der Waals surface area contributed by atoms with Crippen LogP contribution >= 0.6 is 22.7 Å². The Kier molecular flexibility index (Phi) is 23.5. The van der Waals surface area contributed by atoms with Crippen LogP contribution < -0.4 is 0 Å². The topological polar surface area (TPSA) is 31.2 Å². The third kappa shape index (κ3) is 16.1. The molecule has 0 atom stereocenters. The minimum atomic E-state index is 0.931. The summed E-state index contributed by atoms with van der Waals surface area (Å²) in [5.41, 5.74) is 39.0. The van der Waals surface area contributed by atoms with Crippen LogP contribution in [0.25, 0.3) is 223 Å². The Hall–Kier alpha value is -16.5. The van der Waals surface area contributed by atoms with Crippen LogP contribution in [-0.4, -0.2) is 4.57 Å². The van der Waals surface area contributed by atoms with Crippen LogP contribution in [0.1, 0.15) is 27.8 Å². The summed E-state index contributed by atoms with van der Waals surface area (Å²) in [7, 11) is 0. The van der Waals surface area contributed by atoms with Gasteiger partial charge in [0.1, 0.15) is 22.3 Å². The fourth-order valence-electron chi connectivity index (χ4n) is 20.0. The van der Waals surface area contributed by atoms with E-state index in [9.17, 15) is 0 Å². The number of thiophene rings is 2. The van der Waals surface area contributed by atoms with Gasteiger partial charge in [0.15, 0.2) is 0 Å². The lowest BCUT2D eigenvalue weighted by Gasteiger charge is -2.15. The van der Waals surface area contributed by atoms with Crippen molar-refractivity contribution >= 4 is 129 Å². The predicted octanol–water partition coefficient (Wildman–Crippen LogP) is 38.3. The number of aryl methyl sites for hydroxylation is 5. The number of benzene rings is 21. The SMILES string of the molecule is Cc1ccccc1-c1ccc(-c2ccccc2)c2c1oc1ccccc12.Cc1ccccc1-c1ccc(-c2ccccc2)c2c1sc1ccccc12.Cc1ccccc1-c1ccc(-c2ccccc2)c2c3ccccc3n(-c3ccccc3)c12.Cc1ccccc1-c1ccc(-c2ccccc2)c2oc3ccccc3c12.Cc1ccccc1-c1ccc(-c2ccccc2)c2sc3ccccc3c12. The van der Waals surface area contributed by atoms with Crippen molar-refractivity contribution in [3.8, 4) is 117 Å². The van der Waals surface area contributed by atoms with Crippen LogP contribution in [0.5, 0.6) is 0 Å². The van der Waals surface area contributed by atoms with E-state index in [0.29, 0.717) is 0 Å². The van der Waals surface area contributed by atoms with Crippen molar-refractivity contribution < 1.29 is 8.83 Å². The van der Waals surface area contributed by atoms with Crippen LogP contribution in [0.15, 0.2) is 494 Å². The van der Waals surface area contributed by atoms with Crippen molar-refractivity contribution in [1.82, 2.24) is 4.57 Å². The van der Waals surface area contributed by atoms with Gasteiger partial charge in [-0.05, 0) is 212 Å². The first-order valence-corrected chi connectivity index (χ1v) is 48.2. The molecule has 26 aromatic rings. The van der Waals surface area contributed by atoms with E-state index in [4.69, 9.17) is 8.83 Å². The van der Waals surface area contributed by atoms with Crippen molar-refractivity contribution in [2.75, 3.05) is 0 Å². The average Bonchev–Trinajstić information content (AvgIpc) is 1.56. The Morgan fingerprint density at radius 1 is 0.176 bits per heavy atom. The third-order valence-corrected chi connectivity index (χ3v) is 28.9. The molecule has 0 saturated heterocycles. The molecule has 0 aliphatic rings. The number of rotatable bonds is 11. The fourth-order valence-corrected chi connectivity index (χ4v) is 22.5. The van der Waals surface area contributed by atoms with Gasteiger partial charge in [-0.1, -0.05) is 431 Å². The van der Waals surface area contributed by atoms with Crippen LogP contribution in [-0.2, 0) is 0 Å². The number of furan rings is 2. The van der Waals surface area contributed by atoms with Gasteiger partial charge in [-0.3, -0.25) is 0 Å². The number of nitrogens with zero attached hydrogens (tertiary/aromatic N) is 1. The first-order chi connectivity index (χ1) is 67.1. The third-order valence-electron chi connectivity index (χ3n) is 26.5. The fraction of sp³-hybridized carbons (Fsp3) is 0.0382. The van der Waals surface area contributed by atoms with Crippen molar-refractivity contribution in [2.24, 2.45) is 0 Å². The summed E-state index contributed by atoms with van der Waals surface area (Å²) in [5.74, 6) is 0. The Balaban J connectivity index is 0.0000000988. The normalized spacial score (nSPS) is 11.3. The second-order valence-electron chi connectivity index (χ2n) is 34.8. The molecule has 0 spiro atoms. The van der Waals surface area contributed by atoms with E-state index >= 15 is 0 Å². The molecule has 648 valence electrons. The van der Waals surface area contributed by atoms with E-state index < -0.39 is 0 Å². The highest BCUT2D eigenvalue weighted by atomic mass is 32.1. The highest BCUT2D eigenvalue weighted by molar-refractivity contribution is 7.27. The summed E-state index contributed by atoms with van der Waals surface area (Å²) >= 11 is 3.80. The van der Waals surface area contributed by atoms with Gasteiger partial charge in [-0.2, -0.15) is 0 Å². The molecule has 21 aromatic carbocycles. The summed E-state index contributed by atoms with van der Waals surface area (Å²) in [5, 5.41) is 12.7. The van der Waals surface area contributed by atoms with Gasteiger partial charge < -0.3 is 13.4 Å². The van der Waals surface area contributed by atoms with Gasteiger partial charge in [0.25, 0.3) is 0 Å². The Morgan fingerprint density at radius 2 is 0.449 bits per heavy atom. The molecule has 0 bridgehead atoms. The van der Waals surface area contributed by atoms with Crippen molar-refractivity contribution in [2.45, 2.75) is 34.6 Å². The second-order valence-corrected chi connectivity index (χ2v) is 36.9. The van der Waals surface area contributed by atoms with E-state index in [2.05, 4.69) is 494 Å². The predicted molar refractivity (Wildman–Crippen MR) is 585 cm³/mol. The van der Waals surface area contributed by atoms with Gasteiger partial charge >= 0.3 is 0 Å². The van der Waals surface area contributed by atoms with Gasteiger partial charge in [-0.25, -0.2) is 0 Å². The zero-order valence-corrected chi connectivity index (χ0v) is 77.9. The molecule has 0 aliphatic carbocycles. The maximum absolute atomic E-state index is 6.36. The minimum Gasteiger partial charge on any atom is -0.455 e. The molecule has 0 aliphatic heterocycles. The maximum Gasteiger partial charge on any atom is 0.143 e. The lowest BCUT2D eigenvalue weighted by molar-refractivity contribution is 0.669. The number of fused-ring (bicyclic) bond motifs is 15. The standard InChI is InChI=1S/C31H23N.2C25H18O.2C25H18S/c1-22-12-8-9-17-25(22)27-21-20-26(23-13-4-2-5-14-23)30-28-18-10-11-19-29(28)32(31(27)30)24-15-6-3-7-16-24;1-17-9-5-6-12-19(17)21-16-15-20(18-10-3-2-4-11-18)25-24(21)22-13-7-8-14-23(22)26-25;1-17-9-5-6-12-19(17)21-16-15-20(18-10-3-2-4-11-18)24-22-13-7-8-14-23(22)26-25(21)24;1-17-9-5-6-12-19(17)21-16-15-20(18-10-3-2-4-11-18)25-24(21)22-13-7-8-14-23(22)26-25;1-17-9-5-6-12-19(17)21-16-15-20(18-10-3-2-4-11-18)24-22-13-7-8-14-23(22)26-25(21)24/h2-21H,1H3;4*2-16H,1H3. The summed E-state index contributed by atoms with van der Waals surface area (Å²) in [6, 6.07) is 172. The second kappa shape index (κ2) is 37.6. The molecule has 26 rings (SSSR count). The van der Waals surface area contributed by atoms with Gasteiger partial charge in [0.05, 0.1) is 11.0 Å². The molecule has 5 heterocycles. The first kappa shape index (κ1) is 85.0. The van der Waals surface area contributed by atoms with Gasteiger partial charge in [0, 0.05) is 95.0 Å². The zero-order chi connectivity index (χ0) is 91.5. The Bertz CT molecular complexity index is 8480. The van der Waals surface area contributed by atoms with E-state index in [1.807, 2.05) is 53.0 Å². The van der Waals surface area contributed by atoms with Gasteiger partial charge in [-0.15, -0.1) is 22.7 Å². The molecule has 5 aromatic heterocycles. The molecule has 3 nitrogen and oxygen atoms in total. The molecule has 0 radical (unpaired) electrons.